The average molecular weight is 296 g/mol. The molecule has 5 heteroatoms. The molecule has 4 nitrogen and oxygen atoms in total. The molecule has 1 aromatic carbocycles. The van der Waals surface area contributed by atoms with Gasteiger partial charge in [-0.05, 0) is 32.4 Å². The van der Waals surface area contributed by atoms with E-state index in [2.05, 4.69) is 18.7 Å². The van der Waals surface area contributed by atoms with Gasteiger partial charge in [-0.2, -0.15) is 0 Å². The van der Waals surface area contributed by atoms with Crippen LogP contribution in [0.1, 0.15) is 33.6 Å². The molecule has 0 radical (unpaired) electrons. The van der Waals surface area contributed by atoms with Crippen LogP contribution in [0.5, 0.6) is 0 Å². The van der Waals surface area contributed by atoms with Crippen LogP contribution in [-0.2, 0) is 10.0 Å². The largest absolute Gasteiger partial charge is 0.366 e. The summed E-state index contributed by atoms with van der Waals surface area (Å²) in [6.45, 7) is 7.58. The maximum absolute atomic E-state index is 12.5. The Bertz CT molecular complexity index is 555. The number of anilines is 2. The van der Waals surface area contributed by atoms with Crippen molar-refractivity contribution in [2.45, 2.75) is 39.7 Å². The summed E-state index contributed by atoms with van der Waals surface area (Å²) < 4.78 is 26.6. The summed E-state index contributed by atoms with van der Waals surface area (Å²) >= 11 is 0. The Labute approximate surface area is 122 Å². The highest BCUT2D eigenvalue weighted by Crippen LogP contribution is 2.35. The fourth-order valence-corrected chi connectivity index (χ4v) is 4.31. The molecule has 0 spiro atoms. The molecular weight excluding hydrogens is 272 g/mol. The predicted octanol–water partition coefficient (Wildman–Crippen LogP) is 2.85. The van der Waals surface area contributed by atoms with E-state index < -0.39 is 10.0 Å². The third-order valence-corrected chi connectivity index (χ3v) is 5.57. The monoisotopic (exact) mass is 296 g/mol. The number of unbranched alkanes of at least 4 members (excludes halogenated alkanes) is 1. The maximum atomic E-state index is 12.5. The van der Waals surface area contributed by atoms with Crippen molar-refractivity contribution in [1.29, 1.82) is 0 Å². The number of hydrogen-bond acceptors (Lipinski definition) is 3. The fourth-order valence-electron chi connectivity index (χ4n) is 2.62. The third-order valence-electron chi connectivity index (χ3n) is 3.72. The molecule has 0 saturated carbocycles. The number of fused-ring (bicyclic) bond motifs is 1. The Kier molecular flexibility index (Phi) is 4.58. The Morgan fingerprint density at radius 2 is 1.80 bits per heavy atom. The molecule has 0 bridgehead atoms. The summed E-state index contributed by atoms with van der Waals surface area (Å²) in [6.07, 6.45) is 1.61. The van der Waals surface area contributed by atoms with Gasteiger partial charge in [0.1, 0.15) is 0 Å². The second-order valence-corrected chi connectivity index (χ2v) is 7.53. The van der Waals surface area contributed by atoms with Crippen molar-refractivity contribution in [2.75, 3.05) is 28.0 Å². The number of para-hydroxylation sites is 2. The van der Waals surface area contributed by atoms with Gasteiger partial charge in [0.2, 0.25) is 10.0 Å². The third kappa shape index (κ3) is 2.92. The van der Waals surface area contributed by atoms with Gasteiger partial charge in [0.05, 0.1) is 23.7 Å². The first-order chi connectivity index (χ1) is 9.47. The minimum absolute atomic E-state index is 0.236. The highest BCUT2D eigenvalue weighted by atomic mass is 32.2. The lowest BCUT2D eigenvalue weighted by atomic mass is 10.1. The van der Waals surface area contributed by atoms with Crippen molar-refractivity contribution in [3.8, 4) is 0 Å². The lowest BCUT2D eigenvalue weighted by molar-refractivity contribution is 0.581. The summed E-state index contributed by atoms with van der Waals surface area (Å²) in [4.78, 5) is 2.27. The number of nitrogens with zero attached hydrogens (tertiary/aromatic N) is 2. The van der Waals surface area contributed by atoms with Crippen LogP contribution in [0.15, 0.2) is 24.3 Å². The van der Waals surface area contributed by atoms with Crippen molar-refractivity contribution < 1.29 is 8.42 Å². The maximum Gasteiger partial charge on any atom is 0.235 e. The van der Waals surface area contributed by atoms with Crippen LogP contribution in [0.4, 0.5) is 11.4 Å². The quantitative estimate of drug-likeness (QED) is 0.839. The van der Waals surface area contributed by atoms with Gasteiger partial charge >= 0.3 is 0 Å². The number of hydrogen-bond donors (Lipinski definition) is 0. The van der Waals surface area contributed by atoms with E-state index in [1.807, 2.05) is 31.2 Å². The first kappa shape index (κ1) is 15.2. The molecule has 20 heavy (non-hydrogen) atoms. The number of rotatable bonds is 5. The van der Waals surface area contributed by atoms with Crippen LogP contribution in [0, 0.1) is 0 Å². The van der Waals surface area contributed by atoms with E-state index in [-0.39, 0.29) is 5.75 Å². The summed E-state index contributed by atoms with van der Waals surface area (Å²) in [5.41, 5.74) is 1.84. The van der Waals surface area contributed by atoms with Gasteiger partial charge in [-0.15, -0.1) is 0 Å². The number of sulfonamides is 1. The molecule has 0 unspecified atom stereocenters. The van der Waals surface area contributed by atoms with Crippen molar-refractivity contribution in [3.63, 3.8) is 0 Å². The molecule has 1 aromatic rings. The zero-order valence-electron chi connectivity index (χ0n) is 12.5. The number of benzene rings is 1. The molecule has 0 fully saturated rings. The highest BCUT2D eigenvalue weighted by molar-refractivity contribution is 7.92. The molecule has 1 heterocycles. The Balaban J connectivity index is 2.37. The van der Waals surface area contributed by atoms with Crippen molar-refractivity contribution in [2.24, 2.45) is 0 Å². The molecule has 1 aliphatic rings. The van der Waals surface area contributed by atoms with E-state index in [0.717, 1.165) is 30.8 Å². The molecule has 0 atom stereocenters. The van der Waals surface area contributed by atoms with E-state index in [1.165, 1.54) is 0 Å². The van der Waals surface area contributed by atoms with Crippen molar-refractivity contribution in [1.82, 2.24) is 0 Å². The molecule has 0 N–H and O–H groups in total. The summed E-state index contributed by atoms with van der Waals surface area (Å²) in [6, 6.07) is 8.17. The lowest BCUT2D eigenvalue weighted by Crippen LogP contribution is -2.47. The van der Waals surface area contributed by atoms with E-state index in [1.54, 1.807) is 4.31 Å². The van der Waals surface area contributed by atoms with Crippen LogP contribution in [0.25, 0.3) is 0 Å². The van der Waals surface area contributed by atoms with Crippen LogP contribution in [-0.4, -0.2) is 33.3 Å². The molecule has 2 rings (SSSR count). The summed E-state index contributed by atoms with van der Waals surface area (Å²) in [5.74, 6) is 0.236. The zero-order chi connectivity index (χ0) is 14.8. The van der Waals surface area contributed by atoms with Gasteiger partial charge in [-0.3, -0.25) is 4.31 Å². The molecule has 1 aliphatic heterocycles. The van der Waals surface area contributed by atoms with E-state index in [0.29, 0.717) is 12.6 Å². The molecule has 0 aromatic heterocycles. The van der Waals surface area contributed by atoms with E-state index in [9.17, 15) is 8.42 Å². The smallest absolute Gasteiger partial charge is 0.235 e. The van der Waals surface area contributed by atoms with Gasteiger partial charge in [0.15, 0.2) is 0 Å². The van der Waals surface area contributed by atoms with Gasteiger partial charge in [0, 0.05) is 12.6 Å². The van der Waals surface area contributed by atoms with Gasteiger partial charge in [-0.25, -0.2) is 8.42 Å². The Morgan fingerprint density at radius 3 is 2.40 bits per heavy atom. The minimum Gasteiger partial charge on any atom is -0.366 e. The molecule has 0 aliphatic carbocycles. The molecule has 112 valence electrons. The second kappa shape index (κ2) is 6.04. The van der Waals surface area contributed by atoms with Gasteiger partial charge < -0.3 is 4.90 Å². The van der Waals surface area contributed by atoms with Crippen molar-refractivity contribution >= 4 is 21.4 Å². The first-order valence-electron chi connectivity index (χ1n) is 7.33. The second-order valence-electron chi connectivity index (χ2n) is 5.52. The highest BCUT2D eigenvalue weighted by Gasteiger charge is 2.30. The Morgan fingerprint density at radius 1 is 1.15 bits per heavy atom. The minimum atomic E-state index is -3.20. The van der Waals surface area contributed by atoms with Gasteiger partial charge in [-0.1, -0.05) is 25.5 Å². The summed E-state index contributed by atoms with van der Waals surface area (Å²) in [5, 5.41) is 0. The van der Waals surface area contributed by atoms with Gasteiger partial charge in [0.25, 0.3) is 0 Å². The SMILES string of the molecule is CCCCS(=O)(=O)N1CCN(C(C)C)c2ccccc21. The van der Waals surface area contributed by atoms with Crippen LogP contribution >= 0.6 is 0 Å². The Hall–Kier alpha value is -1.23. The topological polar surface area (TPSA) is 40.6 Å². The predicted molar refractivity (Wildman–Crippen MR) is 85.0 cm³/mol. The van der Waals surface area contributed by atoms with Crippen LogP contribution < -0.4 is 9.21 Å². The zero-order valence-corrected chi connectivity index (χ0v) is 13.4. The molecular formula is C15H24N2O2S. The average Bonchev–Trinajstić information content (AvgIpc) is 2.43. The lowest BCUT2D eigenvalue weighted by Gasteiger charge is -2.40. The molecule has 0 saturated heterocycles. The standard InChI is InChI=1S/C15H24N2O2S/c1-4-5-12-20(18,19)17-11-10-16(13(2)3)14-8-6-7-9-15(14)17/h6-9,13H,4-5,10-12H2,1-3H3. The van der Waals surface area contributed by atoms with Crippen LogP contribution in [0.2, 0.25) is 0 Å². The van der Waals surface area contributed by atoms with E-state index >= 15 is 0 Å². The molecule has 0 amide bonds. The van der Waals surface area contributed by atoms with Crippen molar-refractivity contribution in [3.05, 3.63) is 24.3 Å². The first-order valence-corrected chi connectivity index (χ1v) is 8.94. The fraction of sp³-hybridized carbons (Fsp3) is 0.600. The summed E-state index contributed by atoms with van der Waals surface area (Å²) in [7, 11) is -3.20. The normalized spacial score (nSPS) is 15.6. The van der Waals surface area contributed by atoms with Crippen LogP contribution in [0.3, 0.4) is 0 Å². The van der Waals surface area contributed by atoms with E-state index in [4.69, 9.17) is 0 Å².